The SMILES string of the molecule is CCCCCNC(=O)c1ccn(C2CCCNC2)n1. The van der Waals surface area contributed by atoms with Crippen molar-refractivity contribution >= 4 is 5.91 Å². The van der Waals surface area contributed by atoms with Gasteiger partial charge in [0.1, 0.15) is 5.69 Å². The lowest BCUT2D eigenvalue weighted by Gasteiger charge is -2.22. The third kappa shape index (κ3) is 4.06. The van der Waals surface area contributed by atoms with Crippen LogP contribution in [0.1, 0.15) is 55.6 Å². The van der Waals surface area contributed by atoms with E-state index in [9.17, 15) is 4.79 Å². The van der Waals surface area contributed by atoms with Crippen molar-refractivity contribution < 1.29 is 4.79 Å². The van der Waals surface area contributed by atoms with E-state index in [2.05, 4.69) is 22.7 Å². The highest BCUT2D eigenvalue weighted by molar-refractivity contribution is 5.92. The fraction of sp³-hybridized carbons (Fsp3) is 0.714. The number of piperidine rings is 1. The first-order chi connectivity index (χ1) is 9.31. The van der Waals surface area contributed by atoms with Crippen LogP contribution in [-0.2, 0) is 0 Å². The normalized spacial score (nSPS) is 19.3. The lowest BCUT2D eigenvalue weighted by atomic mass is 10.1. The molecule has 2 N–H and O–H groups in total. The Bertz CT molecular complexity index is 396. The van der Waals surface area contributed by atoms with E-state index in [1.807, 2.05) is 16.9 Å². The molecule has 106 valence electrons. The van der Waals surface area contributed by atoms with Gasteiger partial charge >= 0.3 is 0 Å². The van der Waals surface area contributed by atoms with E-state index in [4.69, 9.17) is 0 Å². The highest BCUT2D eigenvalue weighted by atomic mass is 16.1. The zero-order valence-electron chi connectivity index (χ0n) is 11.7. The fourth-order valence-electron chi connectivity index (χ4n) is 2.39. The van der Waals surface area contributed by atoms with Gasteiger partial charge in [-0.2, -0.15) is 5.10 Å². The van der Waals surface area contributed by atoms with Gasteiger partial charge in [0, 0.05) is 19.3 Å². The summed E-state index contributed by atoms with van der Waals surface area (Å²) in [5.74, 6) is -0.0568. The van der Waals surface area contributed by atoms with E-state index >= 15 is 0 Å². The number of unbranched alkanes of at least 4 members (excludes halogenated alkanes) is 2. The van der Waals surface area contributed by atoms with Crippen LogP contribution >= 0.6 is 0 Å². The zero-order chi connectivity index (χ0) is 13.5. The topological polar surface area (TPSA) is 59.0 Å². The van der Waals surface area contributed by atoms with Crippen molar-refractivity contribution in [2.45, 2.75) is 45.1 Å². The number of carbonyl (C=O) groups excluding carboxylic acids is 1. The van der Waals surface area contributed by atoms with Crippen LogP contribution < -0.4 is 10.6 Å². The van der Waals surface area contributed by atoms with Crippen molar-refractivity contribution in [2.24, 2.45) is 0 Å². The minimum atomic E-state index is -0.0568. The van der Waals surface area contributed by atoms with Gasteiger partial charge in [-0.15, -0.1) is 0 Å². The first kappa shape index (κ1) is 14.1. The van der Waals surface area contributed by atoms with Crippen LogP contribution in [0.15, 0.2) is 12.3 Å². The molecule has 0 aliphatic carbocycles. The van der Waals surface area contributed by atoms with E-state index in [1.54, 1.807) is 0 Å². The van der Waals surface area contributed by atoms with E-state index in [-0.39, 0.29) is 5.91 Å². The van der Waals surface area contributed by atoms with E-state index in [0.29, 0.717) is 11.7 Å². The van der Waals surface area contributed by atoms with Gasteiger partial charge in [-0.3, -0.25) is 9.48 Å². The molecular formula is C14H24N4O. The highest BCUT2D eigenvalue weighted by Gasteiger charge is 2.17. The second-order valence-corrected chi connectivity index (χ2v) is 5.14. The second-order valence-electron chi connectivity index (χ2n) is 5.14. The van der Waals surface area contributed by atoms with Gasteiger partial charge in [-0.05, 0) is 31.9 Å². The summed E-state index contributed by atoms with van der Waals surface area (Å²) in [6.07, 6.45) is 7.57. The summed E-state index contributed by atoms with van der Waals surface area (Å²) in [5, 5.41) is 10.7. The molecule has 5 nitrogen and oxygen atoms in total. The van der Waals surface area contributed by atoms with Crippen LogP contribution in [0.4, 0.5) is 0 Å². The maximum Gasteiger partial charge on any atom is 0.271 e. The Balaban J connectivity index is 1.83. The first-order valence-corrected chi connectivity index (χ1v) is 7.35. The predicted molar refractivity (Wildman–Crippen MR) is 75.2 cm³/mol. The van der Waals surface area contributed by atoms with Crippen LogP contribution in [0.3, 0.4) is 0 Å². The molecule has 1 atom stereocenters. The number of nitrogens with zero attached hydrogens (tertiary/aromatic N) is 2. The molecule has 1 aliphatic rings. The Hall–Kier alpha value is -1.36. The molecule has 0 spiro atoms. The van der Waals surface area contributed by atoms with Crippen molar-refractivity contribution in [3.63, 3.8) is 0 Å². The molecule has 1 unspecified atom stereocenters. The smallest absolute Gasteiger partial charge is 0.271 e. The molecule has 0 bridgehead atoms. The lowest BCUT2D eigenvalue weighted by Crippen LogP contribution is -2.32. The maximum atomic E-state index is 11.9. The summed E-state index contributed by atoms with van der Waals surface area (Å²) in [7, 11) is 0. The molecule has 1 saturated heterocycles. The van der Waals surface area contributed by atoms with Crippen molar-refractivity contribution in [3.8, 4) is 0 Å². The van der Waals surface area contributed by atoms with Gasteiger partial charge < -0.3 is 10.6 Å². The minimum absolute atomic E-state index is 0.0568. The average Bonchev–Trinajstić information content (AvgIpc) is 2.94. The van der Waals surface area contributed by atoms with Gasteiger partial charge in [-0.25, -0.2) is 0 Å². The first-order valence-electron chi connectivity index (χ1n) is 7.35. The number of nitrogens with one attached hydrogen (secondary N) is 2. The van der Waals surface area contributed by atoms with Crippen molar-refractivity contribution in [2.75, 3.05) is 19.6 Å². The van der Waals surface area contributed by atoms with Crippen LogP contribution in [-0.4, -0.2) is 35.3 Å². The van der Waals surface area contributed by atoms with Gasteiger partial charge in [0.15, 0.2) is 0 Å². The minimum Gasteiger partial charge on any atom is -0.351 e. The number of hydrogen-bond acceptors (Lipinski definition) is 3. The van der Waals surface area contributed by atoms with Crippen molar-refractivity contribution in [3.05, 3.63) is 18.0 Å². The quantitative estimate of drug-likeness (QED) is 0.769. The highest BCUT2D eigenvalue weighted by Crippen LogP contribution is 2.15. The molecule has 2 rings (SSSR count). The van der Waals surface area contributed by atoms with Gasteiger partial charge in [-0.1, -0.05) is 19.8 Å². The molecule has 1 aromatic rings. The van der Waals surface area contributed by atoms with Gasteiger partial charge in [0.2, 0.25) is 0 Å². The molecule has 1 aromatic heterocycles. The summed E-state index contributed by atoms with van der Waals surface area (Å²) in [5.41, 5.74) is 0.530. The van der Waals surface area contributed by atoms with Crippen LogP contribution in [0.5, 0.6) is 0 Å². The summed E-state index contributed by atoms with van der Waals surface area (Å²) < 4.78 is 1.92. The number of aromatic nitrogens is 2. The number of hydrogen-bond donors (Lipinski definition) is 2. The Morgan fingerprint density at radius 3 is 3.21 bits per heavy atom. The van der Waals surface area contributed by atoms with Crippen LogP contribution in [0.25, 0.3) is 0 Å². The fourth-order valence-corrected chi connectivity index (χ4v) is 2.39. The van der Waals surface area contributed by atoms with Crippen molar-refractivity contribution in [1.29, 1.82) is 0 Å². The van der Waals surface area contributed by atoms with Crippen LogP contribution in [0.2, 0.25) is 0 Å². The van der Waals surface area contributed by atoms with E-state index in [1.165, 1.54) is 12.8 Å². The standard InChI is InChI=1S/C14H24N4O/c1-2-3-4-9-16-14(19)13-7-10-18(17-13)12-6-5-8-15-11-12/h7,10,12,15H,2-6,8-9,11H2,1H3,(H,16,19). The zero-order valence-corrected chi connectivity index (χ0v) is 11.7. The van der Waals surface area contributed by atoms with Gasteiger partial charge in [0.05, 0.1) is 6.04 Å². The molecule has 1 aliphatic heterocycles. The predicted octanol–water partition coefficient (Wildman–Crippen LogP) is 1.73. The van der Waals surface area contributed by atoms with E-state index in [0.717, 1.165) is 38.9 Å². The van der Waals surface area contributed by atoms with E-state index < -0.39 is 0 Å². The Morgan fingerprint density at radius 1 is 1.58 bits per heavy atom. The number of carbonyl (C=O) groups is 1. The number of rotatable bonds is 6. The Morgan fingerprint density at radius 2 is 2.47 bits per heavy atom. The largest absolute Gasteiger partial charge is 0.351 e. The molecule has 0 aromatic carbocycles. The van der Waals surface area contributed by atoms with Crippen molar-refractivity contribution in [1.82, 2.24) is 20.4 Å². The average molecular weight is 264 g/mol. The summed E-state index contributed by atoms with van der Waals surface area (Å²) in [6, 6.07) is 2.19. The molecule has 19 heavy (non-hydrogen) atoms. The molecule has 2 heterocycles. The summed E-state index contributed by atoms with van der Waals surface area (Å²) in [6.45, 7) is 4.92. The third-order valence-electron chi connectivity index (χ3n) is 3.55. The monoisotopic (exact) mass is 264 g/mol. The lowest BCUT2D eigenvalue weighted by molar-refractivity contribution is 0.0946. The Labute approximate surface area is 114 Å². The van der Waals surface area contributed by atoms with Crippen LogP contribution in [0, 0.1) is 0 Å². The third-order valence-corrected chi connectivity index (χ3v) is 3.55. The maximum absolute atomic E-state index is 11.9. The molecule has 0 saturated carbocycles. The van der Waals surface area contributed by atoms with Gasteiger partial charge in [0.25, 0.3) is 5.91 Å². The molecule has 1 amide bonds. The molecular weight excluding hydrogens is 240 g/mol. The number of amides is 1. The molecule has 0 radical (unpaired) electrons. The Kier molecular flexibility index (Phi) is 5.39. The molecule has 5 heteroatoms. The summed E-state index contributed by atoms with van der Waals surface area (Å²) in [4.78, 5) is 11.9. The second kappa shape index (κ2) is 7.28. The molecule has 1 fully saturated rings. The summed E-state index contributed by atoms with van der Waals surface area (Å²) >= 11 is 0.